The third kappa shape index (κ3) is 1.25. The quantitative estimate of drug-likeness (QED) is 0.450. The number of aliphatic hydroxyl groups is 4. The van der Waals surface area contributed by atoms with E-state index in [4.69, 9.17) is 0 Å². The maximum Gasteiger partial charge on any atom is 0.172 e. The second-order valence-corrected chi connectivity index (χ2v) is 9.98. The lowest BCUT2D eigenvalue weighted by Crippen LogP contribution is -2.70. The van der Waals surface area contributed by atoms with E-state index in [2.05, 4.69) is 6.58 Å². The Balaban J connectivity index is 1.86. The summed E-state index contributed by atoms with van der Waals surface area (Å²) in [6.45, 7) is 7.68. The Morgan fingerprint density at radius 2 is 1.77 bits per heavy atom. The number of rotatable bonds is 0. The number of hydrogen-bond acceptors (Lipinski definition) is 6. The summed E-state index contributed by atoms with van der Waals surface area (Å²) < 4.78 is 0. The van der Waals surface area contributed by atoms with E-state index < -0.39 is 69.5 Å². The average molecular weight is 362 g/mol. The van der Waals surface area contributed by atoms with Crippen LogP contribution in [0.4, 0.5) is 0 Å². The molecule has 26 heavy (non-hydrogen) atoms. The lowest BCUT2D eigenvalue weighted by Gasteiger charge is -2.59. The standard InChI is InChI=1S/C20H26O6/c1-8-9-7-10(21)11-18-6-4-5-17(2,3)12(18)15(24)20(26,16(18)25)19(11,13(8)22)14(9)23/h9-12,14,16,21,23,25-26H,1,4-7H2,2-3H3/t9-,10-,11-,12+,14+,16+,18+,19-,20+/m0/s1. The van der Waals surface area contributed by atoms with Crippen LogP contribution in [0.15, 0.2) is 12.2 Å². The van der Waals surface area contributed by atoms with Gasteiger partial charge in [-0.15, -0.1) is 0 Å². The summed E-state index contributed by atoms with van der Waals surface area (Å²) >= 11 is 0. The summed E-state index contributed by atoms with van der Waals surface area (Å²) in [4.78, 5) is 26.8. The maximum atomic E-state index is 13.5. The van der Waals surface area contributed by atoms with Crippen LogP contribution in [0.3, 0.4) is 0 Å². The second kappa shape index (κ2) is 4.32. The topological polar surface area (TPSA) is 115 Å². The smallest absolute Gasteiger partial charge is 0.172 e. The highest BCUT2D eigenvalue weighted by Crippen LogP contribution is 2.80. The van der Waals surface area contributed by atoms with E-state index in [1.807, 2.05) is 13.8 Å². The van der Waals surface area contributed by atoms with Gasteiger partial charge in [0.1, 0.15) is 5.41 Å². The maximum absolute atomic E-state index is 13.5. The summed E-state index contributed by atoms with van der Waals surface area (Å²) in [7, 11) is 0. The van der Waals surface area contributed by atoms with Gasteiger partial charge < -0.3 is 20.4 Å². The average Bonchev–Trinajstić information content (AvgIpc) is 2.90. The molecule has 0 radical (unpaired) electrons. The van der Waals surface area contributed by atoms with Gasteiger partial charge in [0.2, 0.25) is 0 Å². The number of hydrogen-bond donors (Lipinski definition) is 4. The molecule has 5 aliphatic carbocycles. The molecule has 5 rings (SSSR count). The third-order valence-corrected chi connectivity index (χ3v) is 8.84. The van der Waals surface area contributed by atoms with Gasteiger partial charge in [0.05, 0.1) is 18.3 Å². The number of aliphatic hydroxyl groups excluding tert-OH is 3. The molecular weight excluding hydrogens is 336 g/mol. The van der Waals surface area contributed by atoms with E-state index in [0.29, 0.717) is 6.42 Å². The molecule has 9 atom stereocenters. The Kier molecular flexibility index (Phi) is 2.83. The highest BCUT2D eigenvalue weighted by atomic mass is 16.4. The molecule has 2 spiro atoms. The summed E-state index contributed by atoms with van der Waals surface area (Å²) in [5.74, 6) is -3.25. The van der Waals surface area contributed by atoms with E-state index in [1.54, 1.807) is 0 Å². The molecular formula is C20H26O6. The van der Waals surface area contributed by atoms with Crippen LogP contribution in [0, 0.1) is 34.0 Å². The van der Waals surface area contributed by atoms with E-state index in [-0.39, 0.29) is 12.0 Å². The Morgan fingerprint density at radius 1 is 1.12 bits per heavy atom. The molecule has 5 saturated carbocycles. The fourth-order valence-electron chi connectivity index (χ4n) is 8.23. The van der Waals surface area contributed by atoms with E-state index >= 15 is 0 Å². The third-order valence-electron chi connectivity index (χ3n) is 8.84. The summed E-state index contributed by atoms with van der Waals surface area (Å²) in [6.07, 6.45) is -1.60. The molecule has 0 aromatic carbocycles. The Bertz CT molecular complexity index is 772. The van der Waals surface area contributed by atoms with Crippen LogP contribution in [-0.2, 0) is 9.59 Å². The van der Waals surface area contributed by atoms with Crippen molar-refractivity contribution in [1.82, 2.24) is 0 Å². The summed E-state index contributed by atoms with van der Waals surface area (Å²) in [5, 5.41) is 45.0. The number of fused-ring (bicyclic) bond motifs is 2. The van der Waals surface area contributed by atoms with Gasteiger partial charge in [-0.05, 0) is 30.3 Å². The minimum Gasteiger partial charge on any atom is -0.393 e. The summed E-state index contributed by atoms with van der Waals surface area (Å²) in [5.41, 5.74) is -5.61. The number of Topliss-reactive ketones (excluding diaryl/α,β-unsaturated/α-hetero) is 2. The van der Waals surface area contributed by atoms with Gasteiger partial charge in [0.15, 0.2) is 17.2 Å². The number of ketones is 2. The first-order valence-corrected chi connectivity index (χ1v) is 9.55. The van der Waals surface area contributed by atoms with Gasteiger partial charge in [-0.25, -0.2) is 0 Å². The molecule has 5 aliphatic rings. The van der Waals surface area contributed by atoms with Crippen molar-refractivity contribution in [3.8, 4) is 0 Å². The Hall–Kier alpha value is -1.08. The first-order valence-electron chi connectivity index (χ1n) is 9.55. The zero-order valence-corrected chi connectivity index (χ0v) is 15.1. The van der Waals surface area contributed by atoms with Crippen molar-refractivity contribution >= 4 is 11.6 Å². The molecule has 142 valence electrons. The predicted octanol–water partition coefficient (Wildman–Crippen LogP) is -0.0294. The predicted molar refractivity (Wildman–Crippen MR) is 89.7 cm³/mol. The van der Waals surface area contributed by atoms with Gasteiger partial charge >= 0.3 is 0 Å². The zero-order chi connectivity index (χ0) is 19.0. The van der Waals surface area contributed by atoms with Crippen molar-refractivity contribution < 1.29 is 30.0 Å². The molecule has 5 fully saturated rings. The zero-order valence-electron chi connectivity index (χ0n) is 15.1. The molecule has 6 heteroatoms. The van der Waals surface area contributed by atoms with Gasteiger partial charge in [0, 0.05) is 23.2 Å². The van der Waals surface area contributed by atoms with Crippen LogP contribution >= 0.6 is 0 Å². The van der Waals surface area contributed by atoms with Gasteiger partial charge in [-0.3, -0.25) is 9.59 Å². The van der Waals surface area contributed by atoms with E-state index in [9.17, 15) is 30.0 Å². The molecule has 0 aromatic rings. The highest BCUT2D eigenvalue weighted by molar-refractivity contribution is 6.12. The van der Waals surface area contributed by atoms with Crippen molar-refractivity contribution in [3.05, 3.63) is 12.2 Å². The highest BCUT2D eigenvalue weighted by Gasteiger charge is 2.93. The van der Waals surface area contributed by atoms with Crippen molar-refractivity contribution in [2.75, 3.05) is 0 Å². The van der Waals surface area contributed by atoms with Crippen LogP contribution in [0.5, 0.6) is 0 Å². The molecule has 0 aliphatic heterocycles. The van der Waals surface area contributed by atoms with Crippen molar-refractivity contribution in [2.45, 2.75) is 63.4 Å². The molecule has 0 heterocycles. The normalized spacial score (nSPS) is 59.5. The lowest BCUT2D eigenvalue weighted by molar-refractivity contribution is -0.217. The minimum absolute atomic E-state index is 0.156. The first-order chi connectivity index (χ1) is 12.0. The van der Waals surface area contributed by atoms with E-state index in [0.717, 1.165) is 12.8 Å². The van der Waals surface area contributed by atoms with Crippen LogP contribution in [0.1, 0.15) is 39.5 Å². The fourth-order valence-corrected chi connectivity index (χ4v) is 8.23. The van der Waals surface area contributed by atoms with Crippen LogP contribution in [0.2, 0.25) is 0 Å². The molecule has 0 amide bonds. The van der Waals surface area contributed by atoms with Crippen molar-refractivity contribution in [2.24, 2.45) is 34.0 Å². The fraction of sp³-hybridized carbons (Fsp3) is 0.800. The molecule has 0 aromatic heterocycles. The summed E-state index contributed by atoms with van der Waals surface area (Å²) in [6, 6.07) is 0. The number of carbonyl (C=O) groups excluding carboxylic acids is 2. The largest absolute Gasteiger partial charge is 0.393 e. The molecule has 0 saturated heterocycles. The van der Waals surface area contributed by atoms with Gasteiger partial charge in [0.25, 0.3) is 0 Å². The first kappa shape index (κ1) is 17.0. The van der Waals surface area contributed by atoms with Gasteiger partial charge in [-0.2, -0.15) is 0 Å². The van der Waals surface area contributed by atoms with Crippen LogP contribution in [0.25, 0.3) is 0 Å². The second-order valence-electron chi connectivity index (χ2n) is 9.98. The molecule has 4 bridgehead atoms. The molecule has 4 N–H and O–H groups in total. The van der Waals surface area contributed by atoms with Crippen molar-refractivity contribution in [3.63, 3.8) is 0 Å². The van der Waals surface area contributed by atoms with Crippen LogP contribution < -0.4 is 0 Å². The molecule has 6 nitrogen and oxygen atoms in total. The molecule has 0 unspecified atom stereocenters. The Morgan fingerprint density at radius 3 is 2.42 bits per heavy atom. The van der Waals surface area contributed by atoms with Gasteiger partial charge in [-0.1, -0.05) is 26.8 Å². The van der Waals surface area contributed by atoms with E-state index in [1.165, 1.54) is 0 Å². The van der Waals surface area contributed by atoms with Crippen LogP contribution in [-0.4, -0.2) is 55.9 Å². The Labute approximate surface area is 151 Å². The van der Waals surface area contributed by atoms with Crippen molar-refractivity contribution in [1.29, 1.82) is 0 Å². The minimum atomic E-state index is -2.36. The number of carbonyl (C=O) groups is 2. The lowest BCUT2D eigenvalue weighted by atomic mass is 9.44. The monoisotopic (exact) mass is 362 g/mol. The SMILES string of the molecule is C=C1C(=O)[C@]23[C@H](O)[C@H]1C[C@H](O)[C@H]2[C@]12CCCC(C)(C)[C@H]1C(=O)[C@@]3(O)[C@@H]2O.